The van der Waals surface area contributed by atoms with Crippen LogP contribution in [0, 0.1) is 6.92 Å². The third-order valence-corrected chi connectivity index (χ3v) is 4.13. The predicted octanol–water partition coefficient (Wildman–Crippen LogP) is 4.57. The highest BCUT2D eigenvalue weighted by atomic mass is 16.1. The number of pyridine rings is 1. The summed E-state index contributed by atoms with van der Waals surface area (Å²) >= 11 is 0. The van der Waals surface area contributed by atoms with E-state index in [0.29, 0.717) is 12.1 Å². The maximum atomic E-state index is 12.1. The molecule has 0 saturated carbocycles. The second-order valence-electron chi connectivity index (χ2n) is 6.31. The van der Waals surface area contributed by atoms with Crippen LogP contribution in [0.5, 0.6) is 0 Å². The Labute approximate surface area is 154 Å². The normalized spacial score (nSPS) is 10.3. The van der Waals surface area contributed by atoms with Gasteiger partial charge in [0.1, 0.15) is 5.82 Å². The van der Waals surface area contributed by atoms with Crippen molar-refractivity contribution in [2.45, 2.75) is 26.3 Å². The molecule has 4 nitrogen and oxygen atoms in total. The average molecular weight is 345 g/mol. The summed E-state index contributed by atoms with van der Waals surface area (Å²) in [6, 6.07) is 22.1. The monoisotopic (exact) mass is 345 g/mol. The number of carbonyl (C=O) groups is 1. The largest absolute Gasteiger partial charge is 0.366 e. The summed E-state index contributed by atoms with van der Waals surface area (Å²) in [5, 5.41) is 6.17. The lowest BCUT2D eigenvalue weighted by atomic mass is 10.1. The van der Waals surface area contributed by atoms with E-state index in [9.17, 15) is 4.79 Å². The van der Waals surface area contributed by atoms with Crippen LogP contribution in [0.15, 0.2) is 72.9 Å². The van der Waals surface area contributed by atoms with E-state index in [1.54, 1.807) is 6.20 Å². The first-order chi connectivity index (χ1) is 12.7. The standard InChI is InChI=1S/C22H23N3O/c1-17-7-9-19(10-8-17)15-23-21-13-12-20(16-24-21)25-22(26)14-11-18-5-3-2-4-6-18/h2-10,12-13,16H,11,14-15H2,1H3,(H,23,24)(H,25,26). The quantitative estimate of drug-likeness (QED) is 0.659. The van der Waals surface area contributed by atoms with Crippen LogP contribution in [0.4, 0.5) is 11.5 Å². The summed E-state index contributed by atoms with van der Waals surface area (Å²) < 4.78 is 0. The fourth-order valence-corrected chi connectivity index (χ4v) is 2.60. The molecule has 1 amide bonds. The maximum Gasteiger partial charge on any atom is 0.224 e. The number of amides is 1. The number of anilines is 2. The van der Waals surface area contributed by atoms with Crippen molar-refractivity contribution in [3.8, 4) is 0 Å². The second kappa shape index (κ2) is 8.81. The Morgan fingerprint density at radius 1 is 0.923 bits per heavy atom. The van der Waals surface area contributed by atoms with Gasteiger partial charge in [-0.25, -0.2) is 4.98 Å². The number of benzene rings is 2. The van der Waals surface area contributed by atoms with E-state index in [4.69, 9.17) is 0 Å². The van der Waals surface area contributed by atoms with Gasteiger partial charge in [0.2, 0.25) is 5.91 Å². The minimum atomic E-state index is -0.00369. The molecule has 0 bridgehead atoms. The summed E-state index contributed by atoms with van der Waals surface area (Å²) in [4.78, 5) is 16.4. The van der Waals surface area contributed by atoms with E-state index in [0.717, 1.165) is 24.3 Å². The van der Waals surface area contributed by atoms with Crippen LogP contribution < -0.4 is 10.6 Å². The number of hydrogen-bond acceptors (Lipinski definition) is 3. The van der Waals surface area contributed by atoms with Gasteiger partial charge in [-0.15, -0.1) is 0 Å². The number of hydrogen-bond donors (Lipinski definition) is 2. The molecule has 2 aromatic carbocycles. The summed E-state index contributed by atoms with van der Waals surface area (Å²) in [5.74, 6) is 0.781. The molecule has 0 saturated heterocycles. The first kappa shape index (κ1) is 17.7. The summed E-state index contributed by atoms with van der Waals surface area (Å²) in [5.41, 5.74) is 4.33. The average Bonchev–Trinajstić information content (AvgIpc) is 2.68. The number of aromatic nitrogens is 1. The zero-order valence-electron chi connectivity index (χ0n) is 14.9. The van der Waals surface area contributed by atoms with E-state index in [1.165, 1.54) is 11.1 Å². The molecule has 0 radical (unpaired) electrons. The molecule has 0 fully saturated rings. The van der Waals surface area contributed by atoms with Crippen molar-refractivity contribution >= 4 is 17.4 Å². The molecular formula is C22H23N3O. The minimum Gasteiger partial charge on any atom is -0.366 e. The Balaban J connectivity index is 1.46. The Bertz CT molecular complexity index is 828. The van der Waals surface area contributed by atoms with Crippen molar-refractivity contribution in [1.29, 1.82) is 0 Å². The van der Waals surface area contributed by atoms with Crippen LogP contribution in [-0.4, -0.2) is 10.9 Å². The van der Waals surface area contributed by atoms with Gasteiger partial charge >= 0.3 is 0 Å². The van der Waals surface area contributed by atoms with E-state index in [2.05, 4.69) is 46.8 Å². The lowest BCUT2D eigenvalue weighted by molar-refractivity contribution is -0.116. The topological polar surface area (TPSA) is 54.0 Å². The highest BCUT2D eigenvalue weighted by molar-refractivity contribution is 5.90. The zero-order chi connectivity index (χ0) is 18.2. The van der Waals surface area contributed by atoms with Gasteiger partial charge < -0.3 is 10.6 Å². The van der Waals surface area contributed by atoms with Gasteiger partial charge in [-0.05, 0) is 36.6 Å². The Hall–Kier alpha value is -3.14. The molecule has 3 aromatic rings. The minimum absolute atomic E-state index is 0.00369. The van der Waals surface area contributed by atoms with Crippen molar-refractivity contribution in [2.75, 3.05) is 10.6 Å². The van der Waals surface area contributed by atoms with Gasteiger partial charge in [-0.2, -0.15) is 0 Å². The summed E-state index contributed by atoms with van der Waals surface area (Å²) in [6.45, 7) is 2.79. The molecule has 3 rings (SSSR count). The Morgan fingerprint density at radius 2 is 1.69 bits per heavy atom. The van der Waals surface area contributed by atoms with Crippen molar-refractivity contribution < 1.29 is 4.79 Å². The number of nitrogens with zero attached hydrogens (tertiary/aromatic N) is 1. The molecule has 0 aliphatic heterocycles. The third kappa shape index (κ3) is 5.45. The maximum absolute atomic E-state index is 12.1. The third-order valence-electron chi connectivity index (χ3n) is 4.13. The molecule has 4 heteroatoms. The highest BCUT2D eigenvalue weighted by Gasteiger charge is 2.04. The molecule has 26 heavy (non-hydrogen) atoms. The molecule has 0 atom stereocenters. The van der Waals surface area contributed by atoms with Crippen molar-refractivity contribution in [3.63, 3.8) is 0 Å². The van der Waals surface area contributed by atoms with E-state index in [-0.39, 0.29) is 5.91 Å². The van der Waals surface area contributed by atoms with Crippen LogP contribution in [0.25, 0.3) is 0 Å². The van der Waals surface area contributed by atoms with Crippen LogP contribution in [-0.2, 0) is 17.8 Å². The van der Waals surface area contributed by atoms with E-state index < -0.39 is 0 Å². The van der Waals surface area contributed by atoms with Crippen LogP contribution in [0.1, 0.15) is 23.1 Å². The number of aryl methyl sites for hydroxylation is 2. The van der Waals surface area contributed by atoms with Gasteiger partial charge in [0.25, 0.3) is 0 Å². The Kier molecular flexibility index (Phi) is 5.99. The van der Waals surface area contributed by atoms with Crippen LogP contribution in [0.2, 0.25) is 0 Å². The first-order valence-corrected chi connectivity index (χ1v) is 8.78. The molecule has 0 aliphatic rings. The van der Waals surface area contributed by atoms with E-state index in [1.807, 2.05) is 42.5 Å². The smallest absolute Gasteiger partial charge is 0.224 e. The predicted molar refractivity (Wildman–Crippen MR) is 106 cm³/mol. The molecule has 132 valence electrons. The van der Waals surface area contributed by atoms with Gasteiger partial charge in [0, 0.05) is 13.0 Å². The molecule has 1 heterocycles. The van der Waals surface area contributed by atoms with Crippen molar-refractivity contribution in [3.05, 3.63) is 89.6 Å². The number of nitrogens with one attached hydrogen (secondary N) is 2. The van der Waals surface area contributed by atoms with Gasteiger partial charge in [-0.1, -0.05) is 60.2 Å². The van der Waals surface area contributed by atoms with Crippen LogP contribution in [0.3, 0.4) is 0 Å². The number of carbonyl (C=O) groups excluding carboxylic acids is 1. The molecule has 1 aromatic heterocycles. The SMILES string of the molecule is Cc1ccc(CNc2ccc(NC(=O)CCc3ccccc3)cn2)cc1. The second-order valence-corrected chi connectivity index (χ2v) is 6.31. The molecule has 2 N–H and O–H groups in total. The van der Waals surface area contributed by atoms with Gasteiger partial charge in [0.05, 0.1) is 11.9 Å². The lowest BCUT2D eigenvalue weighted by Gasteiger charge is -2.08. The van der Waals surface area contributed by atoms with Crippen LogP contribution >= 0.6 is 0 Å². The first-order valence-electron chi connectivity index (χ1n) is 8.78. The summed E-state index contributed by atoms with van der Waals surface area (Å²) in [7, 11) is 0. The lowest BCUT2D eigenvalue weighted by Crippen LogP contribution is -2.12. The fraction of sp³-hybridized carbons (Fsp3) is 0.182. The molecule has 0 aliphatic carbocycles. The zero-order valence-corrected chi connectivity index (χ0v) is 14.9. The van der Waals surface area contributed by atoms with Gasteiger partial charge in [-0.3, -0.25) is 4.79 Å². The van der Waals surface area contributed by atoms with Crippen molar-refractivity contribution in [2.24, 2.45) is 0 Å². The highest BCUT2D eigenvalue weighted by Crippen LogP contribution is 2.12. The van der Waals surface area contributed by atoms with Crippen molar-refractivity contribution in [1.82, 2.24) is 4.98 Å². The molecular weight excluding hydrogens is 322 g/mol. The fourth-order valence-electron chi connectivity index (χ4n) is 2.60. The summed E-state index contributed by atoms with van der Waals surface area (Å²) in [6.07, 6.45) is 2.87. The van der Waals surface area contributed by atoms with Gasteiger partial charge in [0.15, 0.2) is 0 Å². The molecule has 0 spiro atoms. The Morgan fingerprint density at radius 3 is 2.38 bits per heavy atom. The molecule has 0 unspecified atom stereocenters. The van der Waals surface area contributed by atoms with E-state index >= 15 is 0 Å². The number of rotatable bonds is 7.